The first-order valence-corrected chi connectivity index (χ1v) is 17.2. The number of hydrogen-bond acceptors (Lipinski definition) is 8. The van der Waals surface area contributed by atoms with Gasteiger partial charge in [-0.15, -0.1) is 0 Å². The molecule has 2 N–H and O–H groups in total. The molecule has 0 radical (unpaired) electrons. The minimum atomic E-state index is -0.207. The molecule has 8 nitrogen and oxygen atoms in total. The molecule has 0 bridgehead atoms. The second-order valence-electron chi connectivity index (χ2n) is 12.5. The number of hydrogen-bond donors (Lipinski definition) is 2. The summed E-state index contributed by atoms with van der Waals surface area (Å²) in [5, 5.41) is 22.8. The van der Waals surface area contributed by atoms with Gasteiger partial charge in [-0.2, -0.15) is 5.26 Å². The normalized spacial score (nSPS) is 17.5. The van der Waals surface area contributed by atoms with E-state index >= 15 is 0 Å². The number of fused-ring (bicyclic) bond motifs is 1. The van der Waals surface area contributed by atoms with E-state index in [4.69, 9.17) is 37.4 Å². The number of rotatable bonds is 13. The van der Waals surface area contributed by atoms with Gasteiger partial charge in [0.15, 0.2) is 0 Å². The first kappa shape index (κ1) is 34.0. The minimum Gasteiger partial charge on any atom is -0.492 e. The van der Waals surface area contributed by atoms with Crippen molar-refractivity contribution in [1.82, 2.24) is 15.2 Å². The molecule has 4 aromatic rings. The van der Waals surface area contributed by atoms with Gasteiger partial charge in [-0.25, -0.2) is 0 Å². The first-order valence-electron chi connectivity index (χ1n) is 16.4. The highest BCUT2D eigenvalue weighted by atomic mass is 35.5. The number of ether oxygens (including phenoxy) is 3. The quantitative estimate of drug-likeness (QED) is 0.141. The molecule has 0 spiro atoms. The Labute approximate surface area is 292 Å². The highest BCUT2D eigenvalue weighted by Crippen LogP contribution is 2.45. The monoisotopic (exact) mass is 686 g/mol. The fourth-order valence-electron chi connectivity index (χ4n) is 6.62. The van der Waals surface area contributed by atoms with Crippen LogP contribution in [0.5, 0.6) is 17.2 Å². The molecule has 48 heavy (non-hydrogen) atoms. The molecule has 0 unspecified atom stereocenters. The average Bonchev–Trinajstić information content (AvgIpc) is 3.51. The van der Waals surface area contributed by atoms with Gasteiger partial charge in [0.25, 0.3) is 0 Å². The van der Waals surface area contributed by atoms with Gasteiger partial charge in [-0.05, 0) is 74.2 Å². The van der Waals surface area contributed by atoms with Crippen molar-refractivity contribution in [3.63, 3.8) is 0 Å². The predicted octanol–water partition coefficient (Wildman–Crippen LogP) is 7.37. The fourth-order valence-corrected chi connectivity index (χ4v) is 7.13. The highest BCUT2D eigenvalue weighted by molar-refractivity contribution is 6.35. The molecule has 0 saturated carbocycles. The Hall–Kier alpha value is -3.84. The average molecular weight is 688 g/mol. The summed E-state index contributed by atoms with van der Waals surface area (Å²) in [4.78, 5) is 6.50. The van der Waals surface area contributed by atoms with Gasteiger partial charge in [0.2, 0.25) is 0 Å². The number of halogens is 2. The van der Waals surface area contributed by atoms with Crippen molar-refractivity contribution in [3.05, 3.63) is 105 Å². The van der Waals surface area contributed by atoms with Crippen molar-refractivity contribution in [2.75, 3.05) is 39.9 Å². The van der Waals surface area contributed by atoms with Crippen LogP contribution in [0.15, 0.2) is 67.0 Å². The number of nitrogens with zero attached hydrogens (tertiary/aromatic N) is 3. The Kier molecular flexibility index (Phi) is 11.4. The van der Waals surface area contributed by atoms with Crippen LogP contribution in [0.4, 0.5) is 0 Å². The van der Waals surface area contributed by atoms with Crippen LogP contribution >= 0.6 is 23.2 Å². The topological polar surface area (TPSA) is 99.9 Å². The number of nitrogens with one attached hydrogen (secondary N) is 1. The second kappa shape index (κ2) is 16.0. The summed E-state index contributed by atoms with van der Waals surface area (Å²) in [5.41, 5.74) is 6.41. The predicted molar refractivity (Wildman–Crippen MR) is 188 cm³/mol. The number of aliphatic hydroxyl groups excluding tert-OH is 1. The molecule has 2 aliphatic rings. The van der Waals surface area contributed by atoms with E-state index < -0.39 is 0 Å². The molecule has 2 atom stereocenters. The molecular weight excluding hydrogens is 647 g/mol. The fraction of sp³-hybridized carbons (Fsp3) is 0.368. The van der Waals surface area contributed by atoms with E-state index in [1.54, 1.807) is 12.3 Å². The molecule has 1 aliphatic heterocycles. The molecule has 250 valence electrons. The number of aliphatic hydroxyl groups is 1. The molecule has 6 rings (SSSR count). The van der Waals surface area contributed by atoms with Crippen molar-refractivity contribution in [1.29, 1.82) is 5.26 Å². The smallest absolute Gasteiger partial charge is 0.142 e. The molecular formula is C38H40Cl2N4O4. The lowest BCUT2D eigenvalue weighted by atomic mass is 9.96. The molecule has 1 fully saturated rings. The van der Waals surface area contributed by atoms with Gasteiger partial charge < -0.3 is 29.5 Å². The van der Waals surface area contributed by atoms with Crippen molar-refractivity contribution in [2.24, 2.45) is 5.92 Å². The van der Waals surface area contributed by atoms with Gasteiger partial charge in [-0.1, -0.05) is 53.5 Å². The summed E-state index contributed by atoms with van der Waals surface area (Å²) in [6.07, 6.45) is 6.97. The molecule has 0 amide bonds. The van der Waals surface area contributed by atoms with Crippen molar-refractivity contribution >= 4 is 23.2 Å². The van der Waals surface area contributed by atoms with E-state index in [-0.39, 0.29) is 19.3 Å². The van der Waals surface area contributed by atoms with E-state index in [2.05, 4.69) is 46.5 Å². The highest BCUT2D eigenvalue weighted by Gasteiger charge is 2.29. The van der Waals surface area contributed by atoms with E-state index in [9.17, 15) is 10.4 Å². The SMILES string of the molecule is CN1CCC[C@@H](COc2cccc(-c3cccc4c3CC[C@@H]4Oc3cc(OCc4cncc(C#N)c4)c(CNCCO)cc3Cl)c2Cl)C1. The lowest BCUT2D eigenvalue weighted by Crippen LogP contribution is -2.34. The zero-order chi connectivity index (χ0) is 33.5. The van der Waals surface area contributed by atoms with Crippen LogP contribution in [0.2, 0.25) is 10.0 Å². The van der Waals surface area contributed by atoms with Gasteiger partial charge in [-0.3, -0.25) is 4.98 Å². The number of likely N-dealkylation sites (tertiary alicyclic amines) is 1. The minimum absolute atomic E-state index is 0.0155. The van der Waals surface area contributed by atoms with Crippen LogP contribution in [0.3, 0.4) is 0 Å². The van der Waals surface area contributed by atoms with E-state index in [0.717, 1.165) is 53.7 Å². The summed E-state index contributed by atoms with van der Waals surface area (Å²) < 4.78 is 19.1. The van der Waals surface area contributed by atoms with Crippen LogP contribution in [-0.4, -0.2) is 54.9 Å². The molecule has 2 heterocycles. The maximum absolute atomic E-state index is 9.27. The lowest BCUT2D eigenvalue weighted by Gasteiger charge is -2.29. The maximum atomic E-state index is 9.27. The van der Waals surface area contributed by atoms with E-state index in [1.165, 1.54) is 24.6 Å². The van der Waals surface area contributed by atoms with Crippen LogP contribution in [0.1, 0.15) is 53.2 Å². The van der Waals surface area contributed by atoms with Gasteiger partial charge >= 0.3 is 0 Å². The molecule has 3 aromatic carbocycles. The van der Waals surface area contributed by atoms with Crippen LogP contribution in [-0.2, 0) is 19.6 Å². The summed E-state index contributed by atoms with van der Waals surface area (Å²) in [6.45, 7) is 3.95. The number of nitriles is 1. The van der Waals surface area contributed by atoms with Crippen molar-refractivity contribution in [2.45, 2.75) is 44.9 Å². The number of piperidine rings is 1. The Morgan fingerprint density at radius 3 is 2.71 bits per heavy atom. The number of pyridine rings is 1. The van der Waals surface area contributed by atoms with Crippen molar-refractivity contribution in [3.8, 4) is 34.4 Å². The Morgan fingerprint density at radius 2 is 1.88 bits per heavy atom. The lowest BCUT2D eigenvalue weighted by molar-refractivity contribution is 0.150. The third-order valence-electron chi connectivity index (χ3n) is 8.97. The van der Waals surface area contributed by atoms with Crippen LogP contribution in [0.25, 0.3) is 11.1 Å². The second-order valence-corrected chi connectivity index (χ2v) is 13.3. The summed E-state index contributed by atoms with van der Waals surface area (Å²) in [5.74, 6) is 2.33. The largest absolute Gasteiger partial charge is 0.492 e. The molecule has 1 aliphatic carbocycles. The zero-order valence-electron chi connectivity index (χ0n) is 27.1. The summed E-state index contributed by atoms with van der Waals surface area (Å²) in [6, 6.07) is 19.8. The van der Waals surface area contributed by atoms with Crippen LogP contribution < -0.4 is 19.5 Å². The third kappa shape index (κ3) is 8.06. The Bertz CT molecular complexity index is 1780. The summed E-state index contributed by atoms with van der Waals surface area (Å²) in [7, 11) is 2.16. The first-order chi connectivity index (χ1) is 23.4. The number of aromatic nitrogens is 1. The van der Waals surface area contributed by atoms with Gasteiger partial charge in [0.1, 0.15) is 36.0 Å². The maximum Gasteiger partial charge on any atom is 0.142 e. The van der Waals surface area contributed by atoms with Gasteiger partial charge in [0, 0.05) is 60.7 Å². The molecule has 1 aromatic heterocycles. The molecule has 1 saturated heterocycles. The van der Waals surface area contributed by atoms with Crippen LogP contribution in [0, 0.1) is 17.2 Å². The Morgan fingerprint density at radius 1 is 1.02 bits per heavy atom. The van der Waals surface area contributed by atoms with E-state index in [1.807, 2.05) is 30.3 Å². The van der Waals surface area contributed by atoms with Gasteiger partial charge in [0.05, 0.1) is 28.8 Å². The third-order valence-corrected chi connectivity index (χ3v) is 9.66. The molecule has 10 heteroatoms. The number of benzene rings is 3. The zero-order valence-corrected chi connectivity index (χ0v) is 28.6. The van der Waals surface area contributed by atoms with Crippen molar-refractivity contribution < 1.29 is 19.3 Å². The Balaban J connectivity index is 1.21. The summed E-state index contributed by atoms with van der Waals surface area (Å²) >= 11 is 13.8. The van der Waals surface area contributed by atoms with E-state index in [0.29, 0.717) is 58.5 Å². The standard InChI is InChI=1S/C38H40Cl2N4O4/c1-44-13-4-5-25(22-44)23-46-35-9-3-8-32(38(35)40)29-6-2-7-31-30(29)10-11-34(31)48-37-17-36(28(16-33(37)39)21-42-12-14-45)47-24-27-15-26(18-41)19-43-20-27/h2-3,6-9,15-17,19-20,25,34,42,45H,4-5,10-14,21-24H2,1H3/t25-,34+/m1/s1.